The SMILES string of the molecule is C#CCCC(=O)c1cc(CO)ccc1O[C@@H]1O[C@H](C(C)=O)[C@@H](C)[C@H](OC(C)=O)[C@H]1OC(C)=O.CC(=O)O[C@H]1[C@H](Oc2ccc(CO)cc2C(=O)O)O[C@H](C(C)=O)[C@@H](C)[C@@H]1OC(C)=O. The molecule has 2 heterocycles. The fourth-order valence-corrected chi connectivity index (χ4v) is 6.94. The Balaban J connectivity index is 0.000000337. The highest BCUT2D eigenvalue weighted by Gasteiger charge is 2.52. The summed E-state index contributed by atoms with van der Waals surface area (Å²) in [5.74, 6) is -4.01. The highest BCUT2D eigenvalue weighted by Crippen LogP contribution is 2.36. The van der Waals surface area contributed by atoms with Crippen molar-refractivity contribution in [1.82, 2.24) is 0 Å². The number of aliphatic hydroxyl groups is 2. The number of esters is 4. The van der Waals surface area contributed by atoms with E-state index >= 15 is 0 Å². The Kier molecular flexibility index (Phi) is 18.9. The normalized spacial score (nSPS) is 25.0. The van der Waals surface area contributed by atoms with Crippen molar-refractivity contribution in [3.63, 3.8) is 0 Å². The number of carbonyl (C=O) groups is 8. The van der Waals surface area contributed by atoms with E-state index in [0.717, 1.165) is 6.92 Å². The number of terminal acetylenes is 1. The van der Waals surface area contributed by atoms with Crippen molar-refractivity contribution in [2.45, 2.75) is 131 Å². The second-order valence-corrected chi connectivity index (χ2v) is 14.7. The van der Waals surface area contributed by atoms with Gasteiger partial charge in [0.1, 0.15) is 29.3 Å². The molecule has 4 rings (SSSR count). The van der Waals surface area contributed by atoms with E-state index in [1.807, 2.05) is 0 Å². The van der Waals surface area contributed by atoms with E-state index in [1.54, 1.807) is 19.9 Å². The predicted molar refractivity (Wildman–Crippen MR) is 215 cm³/mol. The topological polar surface area (TPSA) is 271 Å². The summed E-state index contributed by atoms with van der Waals surface area (Å²) in [4.78, 5) is 95.4. The molecule has 2 aromatic carbocycles. The zero-order chi connectivity index (χ0) is 47.3. The molecule has 2 aromatic rings. The standard InChI is InChI=1S/C24H28O9.C20H24O10/c1-6-7-8-19(29)18-11-17(12-25)9-10-20(18)32-24-23(31-16(5)28)22(30-15(4)27)13(2)21(33-24)14(3)26;1-9-16(10(2)22)30-20(18(28-12(4)24)17(9)27-11(3)23)29-15-6-5-13(8-21)7-14(15)19(25)26/h1,9-11,13,21-25H,7-8,12H2,2-5H3;5-7,9,16-18,20-21H,8H2,1-4H3,(H,25,26)/t13-,21+,22+,23-,24-;9-,16+,17+,18-,20-/m11/s1. The number of benzene rings is 2. The summed E-state index contributed by atoms with van der Waals surface area (Å²) >= 11 is 0. The second-order valence-electron chi connectivity index (χ2n) is 14.7. The molecule has 2 saturated heterocycles. The van der Waals surface area contributed by atoms with Crippen LogP contribution in [0.2, 0.25) is 0 Å². The monoisotopic (exact) mass is 884 g/mol. The molecule has 63 heavy (non-hydrogen) atoms. The molecule has 19 nitrogen and oxygen atoms in total. The highest BCUT2D eigenvalue weighted by molar-refractivity contribution is 5.99. The number of Topliss-reactive ketones (excluding diaryl/α,β-unsaturated/α-hetero) is 3. The van der Waals surface area contributed by atoms with Gasteiger partial charge in [-0.2, -0.15) is 0 Å². The minimum absolute atomic E-state index is 0.0455. The number of aliphatic hydroxyl groups excluding tert-OH is 2. The summed E-state index contributed by atoms with van der Waals surface area (Å²) < 4.78 is 44.5. The maximum absolute atomic E-state index is 12.7. The van der Waals surface area contributed by atoms with Crippen LogP contribution in [0.5, 0.6) is 11.5 Å². The van der Waals surface area contributed by atoms with Crippen molar-refractivity contribution in [3.05, 3.63) is 58.7 Å². The number of ketones is 3. The fraction of sp³-hybridized carbons (Fsp3) is 0.500. The van der Waals surface area contributed by atoms with E-state index in [1.165, 1.54) is 65.0 Å². The molecule has 19 heteroatoms. The molecule has 0 saturated carbocycles. The van der Waals surface area contributed by atoms with Crippen LogP contribution in [0.15, 0.2) is 36.4 Å². The Labute approximate surface area is 363 Å². The van der Waals surface area contributed by atoms with Crippen molar-refractivity contribution in [2.75, 3.05) is 0 Å². The Morgan fingerprint density at radius 3 is 1.30 bits per heavy atom. The maximum Gasteiger partial charge on any atom is 0.339 e. The first-order chi connectivity index (χ1) is 29.6. The van der Waals surface area contributed by atoms with Crippen molar-refractivity contribution >= 4 is 47.2 Å². The van der Waals surface area contributed by atoms with Gasteiger partial charge in [0.05, 0.1) is 18.8 Å². The summed E-state index contributed by atoms with van der Waals surface area (Å²) in [5, 5.41) is 28.2. The average Bonchev–Trinajstić information content (AvgIpc) is 3.20. The molecule has 10 atom stereocenters. The third-order valence-corrected chi connectivity index (χ3v) is 9.71. The molecule has 0 radical (unpaired) electrons. The minimum atomic E-state index is -1.43. The van der Waals surface area contributed by atoms with Crippen molar-refractivity contribution < 1.29 is 91.6 Å². The molecule has 0 bridgehead atoms. The molecule has 342 valence electrons. The quantitative estimate of drug-likeness (QED) is 0.0946. The molecular weight excluding hydrogens is 832 g/mol. The van der Waals surface area contributed by atoms with E-state index < -0.39 is 90.9 Å². The molecule has 3 N–H and O–H groups in total. The molecule has 0 aliphatic carbocycles. The predicted octanol–water partition coefficient (Wildman–Crippen LogP) is 3.04. The third-order valence-electron chi connectivity index (χ3n) is 9.71. The van der Waals surface area contributed by atoms with Gasteiger partial charge >= 0.3 is 29.8 Å². The number of ether oxygens (including phenoxy) is 8. The number of carboxylic acids is 1. The van der Waals surface area contributed by atoms with E-state index in [-0.39, 0.29) is 66.0 Å². The lowest BCUT2D eigenvalue weighted by Crippen LogP contribution is -2.59. The van der Waals surface area contributed by atoms with Gasteiger partial charge in [-0.15, -0.1) is 12.3 Å². The van der Waals surface area contributed by atoms with Crippen molar-refractivity contribution in [3.8, 4) is 23.8 Å². The number of aromatic carboxylic acids is 1. The first-order valence-corrected chi connectivity index (χ1v) is 19.6. The summed E-state index contributed by atoms with van der Waals surface area (Å²) in [5.41, 5.74) is 0.687. The Morgan fingerprint density at radius 1 is 0.603 bits per heavy atom. The third kappa shape index (κ3) is 13.9. The average molecular weight is 885 g/mol. The zero-order valence-corrected chi connectivity index (χ0v) is 36.0. The largest absolute Gasteiger partial charge is 0.478 e. The number of hydrogen-bond acceptors (Lipinski definition) is 18. The highest BCUT2D eigenvalue weighted by atomic mass is 16.7. The zero-order valence-electron chi connectivity index (χ0n) is 36.0. The van der Waals surface area contributed by atoms with Crippen LogP contribution in [0.1, 0.15) is 100 Å². The molecule has 2 aliphatic heterocycles. The van der Waals surface area contributed by atoms with Gasteiger partial charge in [0, 0.05) is 52.4 Å². The first kappa shape index (κ1) is 51.2. The van der Waals surface area contributed by atoms with E-state index in [2.05, 4.69) is 5.92 Å². The van der Waals surface area contributed by atoms with Gasteiger partial charge in [-0.05, 0) is 49.2 Å². The van der Waals surface area contributed by atoms with Crippen LogP contribution in [0.4, 0.5) is 0 Å². The lowest BCUT2D eigenvalue weighted by molar-refractivity contribution is -0.261. The van der Waals surface area contributed by atoms with Crippen LogP contribution >= 0.6 is 0 Å². The van der Waals surface area contributed by atoms with Crippen molar-refractivity contribution in [2.24, 2.45) is 11.8 Å². The molecule has 0 amide bonds. The van der Waals surface area contributed by atoms with Gasteiger partial charge in [-0.1, -0.05) is 26.0 Å². The van der Waals surface area contributed by atoms with Crippen molar-refractivity contribution in [1.29, 1.82) is 0 Å². The van der Waals surface area contributed by atoms with Crippen LogP contribution in [-0.2, 0) is 70.4 Å². The molecule has 0 spiro atoms. The molecule has 2 fully saturated rings. The molecule has 0 aromatic heterocycles. The van der Waals surface area contributed by atoms with Gasteiger partial charge in [-0.25, -0.2) is 4.79 Å². The van der Waals surface area contributed by atoms with E-state index in [0.29, 0.717) is 11.1 Å². The van der Waals surface area contributed by atoms with Gasteiger partial charge in [0.25, 0.3) is 0 Å². The summed E-state index contributed by atoms with van der Waals surface area (Å²) in [6.07, 6.45) is -3.89. The van der Waals surface area contributed by atoms with Gasteiger partial charge < -0.3 is 53.2 Å². The summed E-state index contributed by atoms with van der Waals surface area (Å²) in [6.45, 7) is 9.84. The Bertz CT molecular complexity index is 2070. The van der Waals surface area contributed by atoms with E-state index in [9.17, 15) is 53.7 Å². The number of hydrogen-bond donors (Lipinski definition) is 3. The van der Waals surface area contributed by atoms with Gasteiger partial charge in [0.2, 0.25) is 24.8 Å². The fourth-order valence-electron chi connectivity index (χ4n) is 6.94. The van der Waals surface area contributed by atoms with Crippen LogP contribution in [0.3, 0.4) is 0 Å². The van der Waals surface area contributed by atoms with Gasteiger partial charge in [0.15, 0.2) is 29.6 Å². The summed E-state index contributed by atoms with van der Waals surface area (Å²) in [7, 11) is 0. The maximum atomic E-state index is 12.7. The lowest BCUT2D eigenvalue weighted by Gasteiger charge is -2.43. The lowest BCUT2D eigenvalue weighted by atomic mass is 9.88. The Morgan fingerprint density at radius 2 is 0.968 bits per heavy atom. The smallest absolute Gasteiger partial charge is 0.339 e. The number of rotatable bonds is 16. The Hall–Kier alpha value is -6.20. The molecular formula is C44H52O19. The first-order valence-electron chi connectivity index (χ1n) is 19.6. The molecule has 0 unspecified atom stereocenters. The molecule has 2 aliphatic rings. The minimum Gasteiger partial charge on any atom is -0.478 e. The second kappa shape index (κ2) is 23.3. The number of carbonyl (C=O) groups excluding carboxylic acids is 7. The van der Waals surface area contributed by atoms with Crippen LogP contribution in [0.25, 0.3) is 0 Å². The van der Waals surface area contributed by atoms with Crippen LogP contribution in [-0.4, -0.2) is 112 Å². The van der Waals surface area contributed by atoms with Crippen LogP contribution in [0, 0.1) is 24.2 Å². The van der Waals surface area contributed by atoms with Crippen LogP contribution < -0.4 is 9.47 Å². The van der Waals surface area contributed by atoms with Gasteiger partial charge in [-0.3, -0.25) is 33.6 Å². The summed E-state index contributed by atoms with van der Waals surface area (Å²) in [6, 6.07) is 8.45. The number of carboxylic acid groups (broad SMARTS) is 1. The van der Waals surface area contributed by atoms with E-state index in [4.69, 9.17) is 44.3 Å².